The first kappa shape index (κ1) is 25.1. The molecule has 0 aliphatic carbocycles. The molecule has 8 nitrogen and oxygen atoms in total. The van der Waals surface area contributed by atoms with E-state index < -0.39 is 0 Å². The summed E-state index contributed by atoms with van der Waals surface area (Å²) in [6.45, 7) is 4.44. The molecule has 0 saturated carbocycles. The summed E-state index contributed by atoms with van der Waals surface area (Å²) in [4.78, 5) is 41.3. The van der Waals surface area contributed by atoms with Gasteiger partial charge in [-0.1, -0.05) is 60.7 Å². The second-order valence-electron chi connectivity index (χ2n) is 8.35. The number of hydrogen-bond acceptors (Lipinski definition) is 7. The minimum atomic E-state index is -0.328. The first-order valence-corrected chi connectivity index (χ1v) is 12.6. The van der Waals surface area contributed by atoms with Crippen molar-refractivity contribution in [3.63, 3.8) is 0 Å². The quantitative estimate of drug-likeness (QED) is 0.491. The number of morpholine rings is 1. The molecule has 2 N–H and O–H groups in total. The average molecular weight is 495 g/mol. The molecule has 184 valence electrons. The van der Waals surface area contributed by atoms with Gasteiger partial charge in [-0.25, -0.2) is 0 Å². The Morgan fingerprint density at radius 2 is 1.71 bits per heavy atom. The van der Waals surface area contributed by atoms with Gasteiger partial charge in [0.05, 0.1) is 24.7 Å². The van der Waals surface area contributed by atoms with Crippen molar-refractivity contribution >= 4 is 34.9 Å². The van der Waals surface area contributed by atoms with Crippen LogP contribution in [0.3, 0.4) is 0 Å². The lowest BCUT2D eigenvalue weighted by atomic mass is 10.1. The number of nitrogens with one attached hydrogen (secondary N) is 2. The standard InChI is InChI=1S/C26H30N4O4S/c31-24(18-28-22(21-9-5-2-6-10-21)19-29-13-15-34-16-14-29)27-11-12-30-25(32)23(35-26(30)33)17-20-7-3-1-4-8-20/h1-10,17,22,28H,11-16,18-19H2,(H,27,31)/b23-17+. The summed E-state index contributed by atoms with van der Waals surface area (Å²) < 4.78 is 5.44. The van der Waals surface area contributed by atoms with E-state index in [0.29, 0.717) is 4.91 Å². The molecule has 2 fully saturated rings. The second-order valence-corrected chi connectivity index (χ2v) is 9.34. The van der Waals surface area contributed by atoms with Crippen molar-refractivity contribution in [1.29, 1.82) is 0 Å². The van der Waals surface area contributed by atoms with Crippen molar-refractivity contribution in [3.05, 3.63) is 76.7 Å². The fraction of sp³-hybridized carbons (Fsp3) is 0.346. The van der Waals surface area contributed by atoms with Gasteiger partial charge in [-0.2, -0.15) is 0 Å². The topological polar surface area (TPSA) is 91.0 Å². The van der Waals surface area contributed by atoms with Crippen LogP contribution in [0.15, 0.2) is 65.6 Å². The molecule has 1 unspecified atom stereocenters. The third kappa shape index (κ3) is 7.25. The summed E-state index contributed by atoms with van der Waals surface area (Å²) in [7, 11) is 0. The van der Waals surface area contributed by atoms with Crippen molar-refractivity contribution in [1.82, 2.24) is 20.4 Å². The predicted molar refractivity (Wildman–Crippen MR) is 137 cm³/mol. The number of rotatable bonds is 10. The zero-order chi connectivity index (χ0) is 24.5. The summed E-state index contributed by atoms with van der Waals surface area (Å²) in [5.41, 5.74) is 1.98. The van der Waals surface area contributed by atoms with E-state index in [0.717, 1.165) is 55.7 Å². The molecule has 1 atom stereocenters. The fourth-order valence-electron chi connectivity index (χ4n) is 3.99. The number of imide groups is 1. The molecule has 2 aliphatic heterocycles. The van der Waals surface area contributed by atoms with E-state index in [2.05, 4.69) is 27.7 Å². The predicted octanol–water partition coefficient (Wildman–Crippen LogP) is 2.50. The van der Waals surface area contributed by atoms with Gasteiger partial charge in [-0.15, -0.1) is 0 Å². The Hall–Kier alpha value is -2.98. The number of carbonyl (C=O) groups is 3. The molecular weight excluding hydrogens is 464 g/mol. The molecule has 0 bridgehead atoms. The lowest BCUT2D eigenvalue weighted by Crippen LogP contribution is -2.45. The summed E-state index contributed by atoms with van der Waals surface area (Å²) >= 11 is 0.924. The third-order valence-electron chi connectivity index (χ3n) is 5.88. The molecule has 0 radical (unpaired) electrons. The Bertz CT molecular complexity index is 1040. The Morgan fingerprint density at radius 1 is 1.03 bits per heavy atom. The molecule has 2 saturated heterocycles. The molecule has 2 heterocycles. The van der Waals surface area contributed by atoms with Crippen LogP contribution in [0.2, 0.25) is 0 Å². The van der Waals surface area contributed by atoms with Gasteiger partial charge < -0.3 is 15.4 Å². The van der Waals surface area contributed by atoms with Gasteiger partial charge in [-0.05, 0) is 29.0 Å². The van der Waals surface area contributed by atoms with E-state index in [1.165, 1.54) is 4.90 Å². The Labute approximate surface area is 209 Å². The van der Waals surface area contributed by atoms with Crippen LogP contribution in [0.4, 0.5) is 4.79 Å². The summed E-state index contributed by atoms with van der Waals surface area (Å²) in [5, 5.41) is 5.85. The monoisotopic (exact) mass is 494 g/mol. The van der Waals surface area contributed by atoms with E-state index in [4.69, 9.17) is 4.74 Å². The van der Waals surface area contributed by atoms with Gasteiger partial charge in [-0.3, -0.25) is 24.2 Å². The molecule has 35 heavy (non-hydrogen) atoms. The van der Waals surface area contributed by atoms with Crippen LogP contribution in [-0.4, -0.2) is 79.3 Å². The smallest absolute Gasteiger partial charge is 0.293 e. The van der Waals surface area contributed by atoms with E-state index in [1.54, 1.807) is 6.08 Å². The maximum absolute atomic E-state index is 12.6. The second kappa shape index (κ2) is 12.6. The Balaban J connectivity index is 1.25. The summed E-state index contributed by atoms with van der Waals surface area (Å²) in [5.74, 6) is -0.509. The van der Waals surface area contributed by atoms with Crippen molar-refractivity contribution < 1.29 is 19.1 Å². The van der Waals surface area contributed by atoms with Crippen molar-refractivity contribution in [2.24, 2.45) is 0 Å². The normalized spacial score (nSPS) is 18.7. The number of hydrogen-bond donors (Lipinski definition) is 2. The van der Waals surface area contributed by atoms with Crippen LogP contribution in [0, 0.1) is 0 Å². The highest BCUT2D eigenvalue weighted by molar-refractivity contribution is 8.18. The highest BCUT2D eigenvalue weighted by Crippen LogP contribution is 2.31. The fourth-order valence-corrected chi connectivity index (χ4v) is 4.86. The molecular formula is C26H30N4O4S. The third-order valence-corrected chi connectivity index (χ3v) is 6.79. The van der Waals surface area contributed by atoms with Crippen LogP contribution < -0.4 is 10.6 Å². The highest BCUT2D eigenvalue weighted by Gasteiger charge is 2.34. The first-order valence-electron chi connectivity index (χ1n) is 11.8. The molecule has 4 rings (SSSR count). The number of thioether (sulfide) groups is 1. The van der Waals surface area contributed by atoms with Gasteiger partial charge in [0.15, 0.2) is 0 Å². The van der Waals surface area contributed by atoms with Gasteiger partial charge in [0.25, 0.3) is 11.1 Å². The average Bonchev–Trinajstić information content (AvgIpc) is 3.15. The number of amides is 3. The van der Waals surface area contributed by atoms with Crippen LogP contribution in [0.5, 0.6) is 0 Å². The van der Waals surface area contributed by atoms with Gasteiger partial charge in [0.2, 0.25) is 5.91 Å². The summed E-state index contributed by atoms with van der Waals surface area (Å²) in [6, 6.07) is 19.5. The molecule has 2 aromatic carbocycles. The largest absolute Gasteiger partial charge is 0.379 e. The molecule has 2 aliphatic rings. The van der Waals surface area contributed by atoms with Crippen LogP contribution in [0.25, 0.3) is 6.08 Å². The molecule has 2 aromatic rings. The van der Waals surface area contributed by atoms with Crippen molar-refractivity contribution in [2.75, 3.05) is 52.5 Å². The minimum absolute atomic E-state index is 0.00358. The number of benzene rings is 2. The van der Waals surface area contributed by atoms with Gasteiger partial charge >= 0.3 is 0 Å². The summed E-state index contributed by atoms with van der Waals surface area (Å²) in [6.07, 6.45) is 1.71. The molecule has 3 amide bonds. The van der Waals surface area contributed by atoms with Crippen LogP contribution in [-0.2, 0) is 14.3 Å². The van der Waals surface area contributed by atoms with Crippen LogP contribution >= 0.6 is 11.8 Å². The molecule has 0 aromatic heterocycles. The number of ether oxygens (including phenoxy) is 1. The Morgan fingerprint density at radius 3 is 2.43 bits per heavy atom. The van der Waals surface area contributed by atoms with E-state index in [-0.39, 0.29) is 42.7 Å². The number of carbonyl (C=O) groups excluding carboxylic acids is 3. The maximum Gasteiger partial charge on any atom is 0.293 e. The zero-order valence-electron chi connectivity index (χ0n) is 19.5. The van der Waals surface area contributed by atoms with Crippen LogP contribution in [0.1, 0.15) is 17.2 Å². The van der Waals surface area contributed by atoms with Crippen molar-refractivity contribution in [3.8, 4) is 0 Å². The van der Waals surface area contributed by atoms with E-state index in [9.17, 15) is 14.4 Å². The maximum atomic E-state index is 12.6. The zero-order valence-corrected chi connectivity index (χ0v) is 20.3. The van der Waals surface area contributed by atoms with Crippen molar-refractivity contribution in [2.45, 2.75) is 6.04 Å². The Kier molecular flexibility index (Phi) is 9.08. The van der Waals surface area contributed by atoms with E-state index in [1.807, 2.05) is 48.5 Å². The minimum Gasteiger partial charge on any atom is -0.379 e. The lowest BCUT2D eigenvalue weighted by Gasteiger charge is -2.31. The first-order chi connectivity index (χ1) is 17.1. The molecule has 0 spiro atoms. The SMILES string of the molecule is O=C(CNC(CN1CCOCC1)c1ccccc1)NCCN1C(=O)S/C(=C/c2ccccc2)C1=O. The van der Waals surface area contributed by atoms with Gasteiger partial charge in [0, 0.05) is 38.8 Å². The lowest BCUT2D eigenvalue weighted by molar-refractivity contribution is -0.124. The number of nitrogens with zero attached hydrogens (tertiary/aromatic N) is 2. The van der Waals surface area contributed by atoms with E-state index >= 15 is 0 Å². The highest BCUT2D eigenvalue weighted by atomic mass is 32.2. The molecule has 9 heteroatoms. The van der Waals surface area contributed by atoms with Gasteiger partial charge in [0.1, 0.15) is 0 Å².